The Hall–Kier alpha value is -2.25. The predicted molar refractivity (Wildman–Crippen MR) is 81.2 cm³/mol. The molecule has 1 aromatic carbocycles. The van der Waals surface area contributed by atoms with Crippen molar-refractivity contribution in [3.63, 3.8) is 0 Å². The molecule has 2 heterocycles. The molecule has 0 amide bonds. The van der Waals surface area contributed by atoms with Crippen molar-refractivity contribution < 1.29 is 14.4 Å². The van der Waals surface area contributed by atoms with Crippen LogP contribution in [0.25, 0.3) is 0 Å². The van der Waals surface area contributed by atoms with Gasteiger partial charge in [-0.25, -0.2) is 4.68 Å². The van der Waals surface area contributed by atoms with Crippen LogP contribution in [0.15, 0.2) is 36.0 Å². The molecule has 0 atom stereocenters. The Balaban J connectivity index is 1.76. The van der Waals surface area contributed by atoms with Gasteiger partial charge in [0.25, 0.3) is 0 Å². The molecule has 3 rings (SSSR count). The van der Waals surface area contributed by atoms with Crippen LogP contribution in [0.1, 0.15) is 11.1 Å². The van der Waals surface area contributed by atoms with Gasteiger partial charge in [-0.3, -0.25) is 0 Å². The fraction of sp³-hybridized carbons (Fsp3) is 0.400. The van der Waals surface area contributed by atoms with Gasteiger partial charge in [0.05, 0.1) is 26.5 Å². The number of hydrogen-bond acceptors (Lipinski definition) is 5. The average molecular weight is 302 g/mol. The molecule has 116 valence electrons. The van der Waals surface area contributed by atoms with E-state index in [4.69, 9.17) is 9.47 Å². The smallest absolute Gasteiger partial charge is 0.141 e. The van der Waals surface area contributed by atoms with Gasteiger partial charge < -0.3 is 14.4 Å². The van der Waals surface area contributed by atoms with Crippen LogP contribution in [0.4, 0.5) is 0 Å². The average Bonchev–Trinajstić information content (AvgIpc) is 3.08. The highest BCUT2D eigenvalue weighted by Crippen LogP contribution is 2.18. The Labute approximate surface area is 129 Å². The lowest BCUT2D eigenvalue weighted by molar-refractivity contribution is -0.921. The van der Waals surface area contributed by atoms with E-state index in [0.717, 1.165) is 44.2 Å². The number of morpholine rings is 1. The topological polar surface area (TPSA) is 66.0 Å². The Bertz CT molecular complexity index is 621. The summed E-state index contributed by atoms with van der Waals surface area (Å²) in [7, 11) is 1.71. The maximum absolute atomic E-state index is 5.48. The van der Waals surface area contributed by atoms with E-state index in [0.29, 0.717) is 0 Å². The van der Waals surface area contributed by atoms with Gasteiger partial charge in [-0.05, 0) is 23.8 Å². The van der Waals surface area contributed by atoms with Crippen molar-refractivity contribution in [1.29, 1.82) is 0 Å². The predicted octanol–water partition coefficient (Wildman–Crippen LogP) is -0.416. The van der Waals surface area contributed by atoms with Crippen LogP contribution < -0.4 is 9.64 Å². The van der Waals surface area contributed by atoms with Gasteiger partial charge in [-0.15, -0.1) is 10.2 Å². The summed E-state index contributed by atoms with van der Waals surface area (Å²) in [5.74, 6) is 0.917. The van der Waals surface area contributed by atoms with Gasteiger partial charge in [0.1, 0.15) is 38.0 Å². The quantitative estimate of drug-likeness (QED) is 0.762. The van der Waals surface area contributed by atoms with E-state index in [9.17, 15) is 0 Å². The lowest BCUT2D eigenvalue weighted by Gasteiger charge is -2.24. The zero-order chi connectivity index (χ0) is 15.2. The summed E-state index contributed by atoms with van der Waals surface area (Å²) >= 11 is 0. The van der Waals surface area contributed by atoms with E-state index in [2.05, 4.69) is 21.4 Å². The molecule has 1 saturated heterocycles. The summed E-state index contributed by atoms with van der Waals surface area (Å²) in [6.07, 6.45) is 4.90. The third-order valence-corrected chi connectivity index (χ3v) is 3.69. The molecule has 0 bridgehead atoms. The molecular weight excluding hydrogens is 282 g/mol. The van der Waals surface area contributed by atoms with E-state index in [1.54, 1.807) is 30.7 Å². The number of aromatic nitrogens is 3. The minimum Gasteiger partial charge on any atom is -0.496 e. The lowest BCUT2D eigenvalue weighted by Crippen LogP contribution is -3.12. The number of nitrogens with one attached hydrogen (secondary N) is 1. The zero-order valence-corrected chi connectivity index (χ0v) is 12.6. The first-order chi connectivity index (χ1) is 10.8. The van der Waals surface area contributed by atoms with Gasteiger partial charge in [-0.1, -0.05) is 0 Å². The maximum Gasteiger partial charge on any atom is 0.141 e. The van der Waals surface area contributed by atoms with Crippen molar-refractivity contribution in [2.24, 2.45) is 5.10 Å². The molecular formula is C15H20N5O2+. The first-order valence-corrected chi connectivity index (χ1v) is 7.32. The Morgan fingerprint density at radius 1 is 1.32 bits per heavy atom. The van der Waals surface area contributed by atoms with Crippen LogP contribution in [-0.4, -0.2) is 54.5 Å². The summed E-state index contributed by atoms with van der Waals surface area (Å²) in [6, 6.07) is 6.10. The molecule has 0 radical (unpaired) electrons. The summed E-state index contributed by atoms with van der Waals surface area (Å²) in [5, 5.41) is 11.7. The molecule has 0 saturated carbocycles. The molecule has 0 aliphatic carbocycles. The summed E-state index contributed by atoms with van der Waals surface area (Å²) in [4.78, 5) is 1.51. The van der Waals surface area contributed by atoms with Gasteiger partial charge in [-0.2, -0.15) is 5.10 Å². The van der Waals surface area contributed by atoms with Gasteiger partial charge in [0.15, 0.2) is 0 Å². The van der Waals surface area contributed by atoms with Crippen LogP contribution >= 0.6 is 0 Å². The standard InChI is InChI=1S/C15H19N5O2/c1-21-15-3-2-13(9-18-20-11-16-17-12-20)8-14(15)10-19-4-6-22-7-5-19/h2-3,8-9,11-12H,4-7,10H2,1H3/p+1/b18-9-. The van der Waals surface area contributed by atoms with Crippen molar-refractivity contribution in [2.75, 3.05) is 33.4 Å². The molecule has 1 fully saturated rings. The van der Waals surface area contributed by atoms with E-state index in [1.807, 2.05) is 12.1 Å². The van der Waals surface area contributed by atoms with Gasteiger partial charge in [0.2, 0.25) is 0 Å². The zero-order valence-electron chi connectivity index (χ0n) is 12.6. The van der Waals surface area contributed by atoms with E-state index < -0.39 is 0 Å². The molecule has 1 aromatic heterocycles. The van der Waals surface area contributed by atoms with E-state index >= 15 is 0 Å². The van der Waals surface area contributed by atoms with Crippen molar-refractivity contribution in [3.05, 3.63) is 42.0 Å². The van der Waals surface area contributed by atoms with Crippen LogP contribution in [0.2, 0.25) is 0 Å². The minimum atomic E-state index is 0.826. The number of hydrogen-bond donors (Lipinski definition) is 1. The lowest BCUT2D eigenvalue weighted by atomic mass is 10.1. The van der Waals surface area contributed by atoms with Crippen molar-refractivity contribution >= 4 is 6.21 Å². The monoisotopic (exact) mass is 302 g/mol. The third-order valence-electron chi connectivity index (χ3n) is 3.69. The first kappa shape index (κ1) is 14.7. The highest BCUT2D eigenvalue weighted by molar-refractivity contribution is 5.80. The van der Waals surface area contributed by atoms with Crippen LogP contribution in [-0.2, 0) is 11.3 Å². The molecule has 0 unspecified atom stereocenters. The Morgan fingerprint density at radius 3 is 2.82 bits per heavy atom. The van der Waals surface area contributed by atoms with Crippen molar-refractivity contribution in [1.82, 2.24) is 14.9 Å². The number of nitrogens with zero attached hydrogens (tertiary/aromatic N) is 4. The highest BCUT2D eigenvalue weighted by Gasteiger charge is 2.16. The van der Waals surface area contributed by atoms with Crippen LogP contribution in [0.3, 0.4) is 0 Å². The van der Waals surface area contributed by atoms with Gasteiger partial charge >= 0.3 is 0 Å². The largest absolute Gasteiger partial charge is 0.496 e. The second-order valence-electron chi connectivity index (χ2n) is 5.20. The van der Waals surface area contributed by atoms with Crippen molar-refractivity contribution in [2.45, 2.75) is 6.54 Å². The third kappa shape index (κ3) is 3.69. The molecule has 1 N–H and O–H groups in total. The van der Waals surface area contributed by atoms with E-state index in [-0.39, 0.29) is 0 Å². The number of quaternary nitrogens is 1. The summed E-state index contributed by atoms with van der Waals surface area (Å²) < 4.78 is 12.5. The van der Waals surface area contributed by atoms with Crippen LogP contribution in [0, 0.1) is 0 Å². The molecule has 22 heavy (non-hydrogen) atoms. The SMILES string of the molecule is COc1ccc(/C=N\n2cnnc2)cc1C[NH+]1CCOCC1. The molecule has 1 aliphatic rings. The Morgan fingerprint density at radius 2 is 2.09 bits per heavy atom. The second-order valence-corrected chi connectivity index (χ2v) is 5.20. The number of methoxy groups -OCH3 is 1. The van der Waals surface area contributed by atoms with Crippen molar-refractivity contribution in [3.8, 4) is 5.75 Å². The number of ether oxygens (including phenoxy) is 2. The fourth-order valence-corrected chi connectivity index (χ4v) is 2.51. The maximum atomic E-state index is 5.48. The van der Waals surface area contributed by atoms with Gasteiger partial charge in [0, 0.05) is 5.56 Å². The molecule has 2 aromatic rings. The molecule has 7 heteroatoms. The number of rotatable bonds is 5. The van der Waals surface area contributed by atoms with E-state index in [1.165, 1.54) is 10.5 Å². The summed E-state index contributed by atoms with van der Waals surface area (Å²) in [6.45, 7) is 4.64. The fourth-order valence-electron chi connectivity index (χ4n) is 2.51. The highest BCUT2D eigenvalue weighted by atomic mass is 16.5. The molecule has 1 aliphatic heterocycles. The molecule has 7 nitrogen and oxygen atoms in total. The second kappa shape index (κ2) is 7.15. The summed E-state index contributed by atoms with van der Waals surface area (Å²) in [5.41, 5.74) is 2.21. The first-order valence-electron chi connectivity index (χ1n) is 7.32. The number of benzene rings is 1. The molecule has 0 spiro atoms. The minimum absolute atomic E-state index is 0.826. The normalized spacial score (nSPS) is 16.2. The Kier molecular flexibility index (Phi) is 4.77. The van der Waals surface area contributed by atoms with Crippen LogP contribution in [0.5, 0.6) is 5.75 Å².